The lowest BCUT2D eigenvalue weighted by Crippen LogP contribution is -2.22. The number of unbranched alkanes of at least 4 members (excludes halogenated alkanes) is 4. The van der Waals surface area contributed by atoms with Gasteiger partial charge in [-0.25, -0.2) is 0 Å². The van der Waals surface area contributed by atoms with Crippen LogP contribution in [0.15, 0.2) is 48.6 Å². The smallest absolute Gasteiger partial charge is 0.306 e. The van der Waals surface area contributed by atoms with E-state index in [9.17, 15) is 19.2 Å². The van der Waals surface area contributed by atoms with E-state index < -0.39 is 0 Å². The van der Waals surface area contributed by atoms with Crippen molar-refractivity contribution in [3.8, 4) is 0 Å². The van der Waals surface area contributed by atoms with Crippen LogP contribution in [0.5, 0.6) is 0 Å². The average Bonchev–Trinajstić information content (AvgIpc) is 3.96. The summed E-state index contributed by atoms with van der Waals surface area (Å²) in [6.45, 7) is 7.25. The first-order valence-corrected chi connectivity index (χ1v) is 20.6. The number of fused-ring (bicyclic) bond motifs is 8. The van der Waals surface area contributed by atoms with Gasteiger partial charge in [0.15, 0.2) is 0 Å². The molecule has 0 N–H and O–H groups in total. The molecule has 320 valence electrons. The Morgan fingerprint density at radius 2 is 0.679 bits per heavy atom. The third-order valence-corrected chi connectivity index (χ3v) is 12.0. The monoisotopic (exact) mass is 785 g/mol. The van der Waals surface area contributed by atoms with Crippen LogP contribution in [0.2, 0.25) is 0 Å². The van der Waals surface area contributed by atoms with Gasteiger partial charge in [0.25, 0.3) is 0 Å². The number of rotatable bonds is 12. The minimum atomic E-state index is -0.143. The van der Waals surface area contributed by atoms with Crippen LogP contribution in [0, 0.1) is 47.3 Å². The Morgan fingerprint density at radius 3 is 0.875 bits per heavy atom. The Labute approximate surface area is 341 Å². The maximum atomic E-state index is 11.5. The Morgan fingerprint density at radius 1 is 0.411 bits per heavy atom. The van der Waals surface area contributed by atoms with Crippen LogP contribution in [0.4, 0.5) is 0 Å². The lowest BCUT2D eigenvalue weighted by Gasteiger charge is -2.18. The summed E-state index contributed by atoms with van der Waals surface area (Å²) in [6.07, 6.45) is 35.3. The molecule has 12 unspecified atom stereocenters. The Hall–Kier alpha value is -3.16. The van der Waals surface area contributed by atoms with Gasteiger partial charge in [0.2, 0.25) is 0 Å². The molecule has 4 fully saturated rings. The van der Waals surface area contributed by atoms with E-state index in [1.807, 2.05) is 0 Å². The summed E-state index contributed by atoms with van der Waals surface area (Å²) in [5.41, 5.74) is 0. The Kier molecular flexibility index (Phi) is 22.9. The van der Waals surface area contributed by atoms with E-state index in [0.29, 0.717) is 60.2 Å². The van der Waals surface area contributed by atoms with Crippen LogP contribution < -0.4 is 0 Å². The van der Waals surface area contributed by atoms with Crippen molar-refractivity contribution >= 4 is 23.9 Å². The summed E-state index contributed by atoms with van der Waals surface area (Å²) in [6, 6.07) is 0. The summed E-state index contributed by atoms with van der Waals surface area (Å²) < 4.78 is 21.3. The van der Waals surface area contributed by atoms with Crippen molar-refractivity contribution in [2.24, 2.45) is 47.3 Å². The van der Waals surface area contributed by atoms with E-state index in [-0.39, 0.29) is 78.0 Å². The third-order valence-electron chi connectivity index (χ3n) is 12.0. The van der Waals surface area contributed by atoms with E-state index in [4.69, 9.17) is 18.9 Å². The van der Waals surface area contributed by atoms with Crippen LogP contribution >= 0.6 is 0 Å². The highest BCUT2D eigenvalue weighted by Gasteiger charge is 2.40. The zero-order valence-corrected chi connectivity index (χ0v) is 32.1. The largest absolute Gasteiger partial charge is 0.462 e. The molecule has 8 aliphatic rings. The molecule has 0 amide bonds. The summed E-state index contributed by atoms with van der Waals surface area (Å²) in [5.74, 6) is 4.54. The molecular formula is C48H80O8. The highest BCUT2D eigenvalue weighted by Crippen LogP contribution is 2.43. The molecule has 8 heteroatoms. The summed E-state index contributed by atoms with van der Waals surface area (Å²) in [4.78, 5) is 44.3. The number of ether oxygens (including phenoxy) is 4. The second-order valence-corrected chi connectivity index (χ2v) is 16.4. The van der Waals surface area contributed by atoms with Gasteiger partial charge in [-0.3, -0.25) is 19.2 Å². The maximum Gasteiger partial charge on any atom is 0.306 e. The number of allylic oxidation sites excluding steroid dienone is 4. The summed E-state index contributed by atoms with van der Waals surface area (Å²) in [5, 5.41) is 0. The molecule has 8 rings (SSSR count). The third kappa shape index (κ3) is 15.3. The van der Waals surface area contributed by atoms with Gasteiger partial charge in [0.05, 0.1) is 0 Å². The molecule has 0 heterocycles. The molecule has 8 nitrogen and oxygen atoms in total. The summed E-state index contributed by atoms with van der Waals surface area (Å²) >= 11 is 0. The average molecular weight is 785 g/mol. The zero-order chi connectivity index (χ0) is 37.0. The number of carbonyl (C=O) groups is 4. The molecule has 0 aromatic heterocycles. The molecule has 0 aromatic carbocycles. The number of carbonyl (C=O) groups excluding carboxylic acids is 4. The first-order chi connectivity index (χ1) is 25.1. The highest BCUT2D eigenvalue weighted by molar-refractivity contribution is 5.70. The van der Waals surface area contributed by atoms with Crippen molar-refractivity contribution in [1.29, 1.82) is 0 Å². The number of hydrogen-bond donors (Lipinski definition) is 0. The van der Waals surface area contributed by atoms with Crippen molar-refractivity contribution in [3.63, 3.8) is 0 Å². The zero-order valence-electron chi connectivity index (χ0n) is 32.1. The van der Waals surface area contributed by atoms with Gasteiger partial charge in [-0.2, -0.15) is 0 Å². The molecule has 0 aromatic rings. The van der Waals surface area contributed by atoms with Crippen LogP contribution in [0.25, 0.3) is 0 Å². The van der Waals surface area contributed by atoms with Gasteiger partial charge in [0.1, 0.15) is 24.4 Å². The molecule has 0 aliphatic heterocycles. The van der Waals surface area contributed by atoms with E-state index in [0.717, 1.165) is 64.2 Å². The fraction of sp³-hybridized carbons (Fsp3) is 0.750. The van der Waals surface area contributed by atoms with E-state index in [1.54, 1.807) is 0 Å². The van der Waals surface area contributed by atoms with E-state index in [1.165, 1.54) is 39.5 Å². The van der Waals surface area contributed by atoms with Gasteiger partial charge >= 0.3 is 23.9 Å². The molecule has 12 atom stereocenters. The molecule has 8 bridgehead atoms. The fourth-order valence-electron chi connectivity index (χ4n) is 9.38. The number of esters is 4. The van der Waals surface area contributed by atoms with Gasteiger partial charge in [0, 0.05) is 50.4 Å². The van der Waals surface area contributed by atoms with E-state index in [2.05, 4.69) is 62.5 Å². The lowest BCUT2D eigenvalue weighted by molar-refractivity contribution is -0.151. The fourth-order valence-corrected chi connectivity index (χ4v) is 9.38. The standard InChI is InChI=1S/2C13H20O2.2C9H12O2.4CH4/c2*1-2-3-4-5-13(14)15-12-9-10-6-7-11(12)8-10;2*1-6(10)11-9-5-7-2-3-8(9)4-7;;;;/h2*6-7,10-12H,2-5,8-9H2,1H3;2*2-3,7-9H,4-5H2,1H3;4*1H4. The van der Waals surface area contributed by atoms with E-state index >= 15 is 0 Å². The second-order valence-electron chi connectivity index (χ2n) is 16.4. The van der Waals surface area contributed by atoms with Crippen molar-refractivity contribution < 1.29 is 38.1 Å². The topological polar surface area (TPSA) is 105 Å². The molecule has 0 radical (unpaired) electrons. The lowest BCUT2D eigenvalue weighted by atomic mass is 10.0. The molecule has 0 spiro atoms. The van der Waals surface area contributed by atoms with Gasteiger partial charge < -0.3 is 18.9 Å². The van der Waals surface area contributed by atoms with Crippen molar-refractivity contribution in [2.75, 3.05) is 0 Å². The van der Waals surface area contributed by atoms with Crippen LogP contribution in [0.1, 0.15) is 160 Å². The second kappa shape index (κ2) is 25.3. The molecule has 4 saturated carbocycles. The van der Waals surface area contributed by atoms with Crippen LogP contribution in [0.3, 0.4) is 0 Å². The molecular weight excluding hydrogens is 705 g/mol. The van der Waals surface area contributed by atoms with Gasteiger partial charge in [-0.1, -0.05) is 118 Å². The molecule has 0 saturated heterocycles. The molecule has 56 heavy (non-hydrogen) atoms. The normalized spacial score (nSPS) is 32.8. The predicted molar refractivity (Wildman–Crippen MR) is 227 cm³/mol. The van der Waals surface area contributed by atoms with Gasteiger partial charge in [-0.05, 0) is 87.9 Å². The minimum Gasteiger partial charge on any atom is -0.462 e. The van der Waals surface area contributed by atoms with Gasteiger partial charge in [-0.15, -0.1) is 0 Å². The first-order valence-electron chi connectivity index (χ1n) is 20.6. The summed E-state index contributed by atoms with van der Waals surface area (Å²) in [7, 11) is 0. The van der Waals surface area contributed by atoms with Crippen LogP contribution in [-0.2, 0) is 38.1 Å². The van der Waals surface area contributed by atoms with Crippen molar-refractivity contribution in [1.82, 2.24) is 0 Å². The maximum absolute atomic E-state index is 11.5. The quantitative estimate of drug-likeness (QED) is 0.0833. The minimum absolute atomic E-state index is 0. The predicted octanol–water partition coefficient (Wildman–Crippen LogP) is 11.7. The van der Waals surface area contributed by atoms with Crippen molar-refractivity contribution in [2.45, 2.75) is 185 Å². The highest BCUT2D eigenvalue weighted by atomic mass is 16.6. The number of hydrogen-bond acceptors (Lipinski definition) is 8. The first kappa shape index (κ1) is 50.9. The molecule has 8 aliphatic carbocycles. The SMILES string of the molecule is C.C.C.C.CC(=O)OC1CC2C=CC1C2.CC(=O)OC1CC2C=CC1C2.CCCCCC(=O)OC1CC2C=CC1C2.CCCCCC(=O)OC1CC2C=CC1C2. The van der Waals surface area contributed by atoms with Crippen molar-refractivity contribution in [3.05, 3.63) is 48.6 Å². The van der Waals surface area contributed by atoms with Crippen LogP contribution in [-0.4, -0.2) is 48.3 Å². The Balaban J connectivity index is 0.000000368. The Bertz CT molecular complexity index is 1230.